The molecule has 5 rings (SSSR count). The average Bonchev–Trinajstić information content (AvgIpc) is 3.06. The summed E-state index contributed by atoms with van der Waals surface area (Å²) in [6.07, 6.45) is 3.12. The van der Waals surface area contributed by atoms with Crippen LogP contribution < -0.4 is 20.2 Å². The summed E-state index contributed by atoms with van der Waals surface area (Å²) in [4.78, 5) is 1.38. The molecule has 0 radical (unpaired) electrons. The Balaban J connectivity index is 1.68. The molecular weight excluding hydrogens is 407 g/mol. The van der Waals surface area contributed by atoms with Gasteiger partial charge in [-0.05, 0) is 29.7 Å². The number of hydrazine groups is 1. The van der Waals surface area contributed by atoms with Crippen LogP contribution in [0.4, 0.5) is 11.4 Å². The molecule has 0 amide bonds. The Morgan fingerprint density at radius 3 is 2.35 bits per heavy atom. The molecule has 0 aromatic heterocycles. The van der Waals surface area contributed by atoms with Crippen LogP contribution in [0.1, 0.15) is 20.3 Å². The number of anilines is 2. The van der Waals surface area contributed by atoms with Crippen molar-refractivity contribution in [2.24, 2.45) is 5.41 Å². The largest absolute Gasteiger partial charge is 0.370 e. The lowest BCUT2D eigenvalue weighted by molar-refractivity contribution is -0.871. The fourth-order valence-electron chi connectivity index (χ4n) is 4.73. The van der Waals surface area contributed by atoms with Gasteiger partial charge in [0.05, 0.1) is 24.6 Å². The number of morpholine rings is 1. The van der Waals surface area contributed by atoms with E-state index in [2.05, 4.69) is 30.4 Å². The zero-order valence-corrected chi connectivity index (χ0v) is 19.0. The van der Waals surface area contributed by atoms with Gasteiger partial charge in [-0.15, -0.1) is 0 Å². The minimum atomic E-state index is -3.21. The topological polar surface area (TPSA) is 58.0 Å². The van der Waals surface area contributed by atoms with Gasteiger partial charge >= 0.3 is 7.44 Å². The molecule has 1 atom stereocenters. The van der Waals surface area contributed by atoms with E-state index < -0.39 is 7.44 Å². The van der Waals surface area contributed by atoms with Crippen molar-refractivity contribution in [2.75, 3.05) is 36.2 Å². The van der Waals surface area contributed by atoms with E-state index in [0.29, 0.717) is 0 Å². The monoisotopic (exact) mass is 437 g/mol. The Bertz CT molecular complexity index is 1060. The van der Waals surface area contributed by atoms with Crippen molar-refractivity contribution in [3.8, 4) is 0 Å². The molecule has 2 saturated heterocycles. The summed E-state index contributed by atoms with van der Waals surface area (Å²) in [5, 5.41) is 4.36. The Hall–Kier alpha value is -2.53. The second-order valence-electron chi connectivity index (χ2n) is 9.08. The van der Waals surface area contributed by atoms with Crippen LogP contribution in [-0.4, -0.2) is 26.3 Å². The van der Waals surface area contributed by atoms with E-state index in [4.69, 9.17) is 4.74 Å². The third-order valence-corrected chi connectivity index (χ3v) is 8.67. The number of hydrogen-bond donors (Lipinski definition) is 3. The van der Waals surface area contributed by atoms with Gasteiger partial charge in [0.1, 0.15) is 24.1 Å². The second-order valence-corrected chi connectivity index (χ2v) is 11.3. The minimum Gasteiger partial charge on any atom is -0.370 e. The van der Waals surface area contributed by atoms with Crippen molar-refractivity contribution in [3.05, 3.63) is 83.4 Å². The van der Waals surface area contributed by atoms with Gasteiger partial charge in [-0.3, -0.25) is 9.99 Å². The fraction of sp³-hybridized carbons (Fsp3) is 0.333. The van der Waals surface area contributed by atoms with Crippen molar-refractivity contribution < 1.29 is 14.2 Å². The normalized spacial score (nSPS) is 25.6. The van der Waals surface area contributed by atoms with Gasteiger partial charge in [-0.2, -0.15) is 0 Å². The number of ether oxygens (including phenoxy) is 1. The minimum absolute atomic E-state index is 0.0171. The van der Waals surface area contributed by atoms with Crippen molar-refractivity contribution in [1.29, 1.82) is 0 Å². The molecule has 0 spiro atoms. The first kappa shape index (κ1) is 20.4. The Morgan fingerprint density at radius 2 is 1.68 bits per heavy atom. The molecule has 3 N–H and O–H groups in total. The third kappa shape index (κ3) is 3.80. The third-order valence-electron chi connectivity index (χ3n) is 6.10. The molecule has 1 aliphatic carbocycles. The first-order chi connectivity index (χ1) is 15.0. The smallest absolute Gasteiger partial charge is 0.315 e. The van der Waals surface area contributed by atoms with E-state index in [9.17, 15) is 4.57 Å². The molecule has 0 unspecified atom stereocenters. The van der Waals surface area contributed by atoms with Crippen LogP contribution in [0, 0.1) is 5.41 Å². The number of rotatable bonds is 4. The molecule has 0 saturated carbocycles. The number of benzene rings is 2. The Kier molecular flexibility index (Phi) is 5.17. The second kappa shape index (κ2) is 7.86. The summed E-state index contributed by atoms with van der Waals surface area (Å²) < 4.78 is 22.4. The van der Waals surface area contributed by atoms with E-state index in [-0.39, 0.29) is 5.41 Å². The van der Waals surface area contributed by atoms with Crippen molar-refractivity contribution in [3.63, 3.8) is 0 Å². The quantitative estimate of drug-likeness (QED) is 0.636. The fourth-order valence-corrected chi connectivity index (χ4v) is 7.39. The molecule has 7 heteroatoms. The maximum Gasteiger partial charge on any atom is 0.315 e. The molecule has 2 aliphatic heterocycles. The van der Waals surface area contributed by atoms with Crippen molar-refractivity contribution >= 4 is 18.8 Å². The van der Waals surface area contributed by atoms with Crippen LogP contribution in [0.3, 0.4) is 0 Å². The van der Waals surface area contributed by atoms with Gasteiger partial charge in [0.2, 0.25) is 0 Å². The molecule has 2 aromatic rings. The highest BCUT2D eigenvalue weighted by Crippen LogP contribution is 2.65. The summed E-state index contributed by atoms with van der Waals surface area (Å²) >= 11 is 0. The first-order valence-electron chi connectivity index (χ1n) is 10.9. The van der Waals surface area contributed by atoms with Gasteiger partial charge in [-0.1, -0.05) is 56.3 Å². The SMILES string of the molecule is CC1(C)C=C2NN(c3ccccc3)[P@](=O)(Nc3ccccc3)C2=C([NH+]2CCOCC2)C1. The molecule has 6 nitrogen and oxygen atoms in total. The lowest BCUT2D eigenvalue weighted by atomic mass is 9.82. The summed E-state index contributed by atoms with van der Waals surface area (Å²) in [6.45, 7) is 7.77. The lowest BCUT2D eigenvalue weighted by Gasteiger charge is -2.34. The molecule has 2 aromatic carbocycles. The van der Waals surface area contributed by atoms with E-state index >= 15 is 0 Å². The van der Waals surface area contributed by atoms with Crippen molar-refractivity contribution in [2.45, 2.75) is 20.3 Å². The summed E-state index contributed by atoms with van der Waals surface area (Å²) in [6, 6.07) is 19.8. The number of para-hydroxylation sites is 2. The summed E-state index contributed by atoms with van der Waals surface area (Å²) in [7, 11) is -3.21. The van der Waals surface area contributed by atoms with E-state index in [1.165, 1.54) is 10.6 Å². The molecule has 2 fully saturated rings. The van der Waals surface area contributed by atoms with E-state index in [1.54, 1.807) is 0 Å². The van der Waals surface area contributed by atoms with Crippen LogP contribution in [0.2, 0.25) is 0 Å². The number of nitrogens with zero attached hydrogens (tertiary/aromatic N) is 1. The molecular formula is C24H30N4O2P+. The highest BCUT2D eigenvalue weighted by molar-refractivity contribution is 7.71. The van der Waals surface area contributed by atoms with E-state index in [1.807, 2.05) is 65.4 Å². The highest BCUT2D eigenvalue weighted by Gasteiger charge is 2.51. The highest BCUT2D eigenvalue weighted by atomic mass is 31.2. The van der Waals surface area contributed by atoms with E-state index in [0.717, 1.165) is 55.1 Å². The molecule has 162 valence electrons. The standard InChI is InChI=1S/C24H29N4O2P/c1-24(2)17-21-23(22(18-24)27-13-15-30-16-14-27)31(29,26-19-9-5-3-6-10-19)28(25-21)20-11-7-4-8-12-20/h3-12,17,25H,13-16,18H2,1-2H3,(H,26,29)/p+1/t31-/m1/s1. The predicted octanol–water partition coefficient (Wildman–Crippen LogP) is 3.76. The number of quaternary nitrogens is 1. The van der Waals surface area contributed by atoms with Gasteiger partial charge in [0.15, 0.2) is 0 Å². The summed E-state index contributed by atoms with van der Waals surface area (Å²) in [5.74, 6) is 0. The van der Waals surface area contributed by atoms with Crippen LogP contribution in [0.25, 0.3) is 0 Å². The Morgan fingerprint density at radius 1 is 1.03 bits per heavy atom. The van der Waals surface area contributed by atoms with Crippen LogP contribution in [0.15, 0.2) is 83.4 Å². The molecule has 3 aliphatic rings. The summed E-state index contributed by atoms with van der Waals surface area (Å²) in [5.41, 5.74) is 7.42. The number of allylic oxidation sites excluding steroid dienone is 3. The zero-order chi connectivity index (χ0) is 21.5. The Labute approximate surface area is 184 Å². The molecule has 31 heavy (non-hydrogen) atoms. The predicted molar refractivity (Wildman–Crippen MR) is 125 cm³/mol. The maximum absolute atomic E-state index is 15.0. The zero-order valence-electron chi connectivity index (χ0n) is 18.1. The average molecular weight is 438 g/mol. The van der Waals surface area contributed by atoms with Gasteiger partial charge in [0, 0.05) is 12.1 Å². The van der Waals surface area contributed by atoms with Crippen LogP contribution >= 0.6 is 7.44 Å². The number of nitrogens with one attached hydrogen (secondary N) is 3. The molecule has 2 heterocycles. The maximum atomic E-state index is 15.0. The number of fused-ring (bicyclic) bond motifs is 1. The van der Waals surface area contributed by atoms with Gasteiger partial charge in [0.25, 0.3) is 0 Å². The molecule has 0 bridgehead atoms. The number of hydrogen-bond acceptors (Lipinski definition) is 3. The lowest BCUT2D eigenvalue weighted by Crippen LogP contribution is -3.12. The first-order valence-corrected chi connectivity index (χ1v) is 12.6. The van der Waals surface area contributed by atoms with Crippen molar-refractivity contribution in [1.82, 2.24) is 5.43 Å². The van der Waals surface area contributed by atoms with Crippen LogP contribution in [-0.2, 0) is 9.30 Å². The van der Waals surface area contributed by atoms with Gasteiger partial charge in [-0.25, -0.2) is 4.78 Å². The van der Waals surface area contributed by atoms with Crippen LogP contribution in [0.5, 0.6) is 0 Å². The van der Waals surface area contributed by atoms with Gasteiger partial charge < -0.3 is 14.7 Å².